The molecule has 1 aliphatic rings. The zero-order valence-electron chi connectivity index (χ0n) is 14.0. The molecule has 3 aromatic rings. The summed E-state index contributed by atoms with van der Waals surface area (Å²) in [6.07, 6.45) is 1.61. The minimum atomic E-state index is -3.72. The van der Waals surface area contributed by atoms with E-state index in [2.05, 4.69) is 10.2 Å². The first-order valence-corrected chi connectivity index (χ1v) is 10.5. The van der Waals surface area contributed by atoms with Gasteiger partial charge in [-0.1, -0.05) is 29.3 Å². The van der Waals surface area contributed by atoms with Crippen LogP contribution in [-0.2, 0) is 16.6 Å². The molecule has 0 bridgehead atoms. The summed E-state index contributed by atoms with van der Waals surface area (Å²) in [5.41, 5.74) is 0.717. The van der Waals surface area contributed by atoms with Gasteiger partial charge in [-0.3, -0.25) is 0 Å². The predicted molar refractivity (Wildman–Crippen MR) is 102 cm³/mol. The zero-order valence-corrected chi connectivity index (χ0v) is 16.4. The highest BCUT2D eigenvalue weighted by Crippen LogP contribution is 2.34. The lowest BCUT2D eigenvalue weighted by Gasteiger charge is -2.20. The minimum Gasteiger partial charge on any atom is -0.419 e. The summed E-state index contributed by atoms with van der Waals surface area (Å²) in [5, 5.41) is 9.00. The molecule has 2 aromatic carbocycles. The topological polar surface area (TPSA) is 76.3 Å². The van der Waals surface area contributed by atoms with Crippen LogP contribution in [0.5, 0.6) is 0 Å². The number of nitrogens with zero attached hydrogens (tertiary/aromatic N) is 3. The number of hydrogen-bond donors (Lipinski definition) is 0. The van der Waals surface area contributed by atoms with Crippen LogP contribution in [0.15, 0.2) is 57.8 Å². The molecule has 27 heavy (non-hydrogen) atoms. The standard InChI is InChI=1S/C18H15Cl2N3O3S/c19-13-6-4-12(5-7-13)18-22-21-17(26-18)11-23(15-8-9-15)27(24,25)16-3-1-2-14(20)10-16/h1-7,10,15H,8-9,11H2. The fourth-order valence-electron chi connectivity index (χ4n) is 2.70. The Bertz CT molecular complexity index is 1060. The second-order valence-electron chi connectivity index (χ2n) is 6.25. The normalized spacial score (nSPS) is 14.6. The van der Waals surface area contributed by atoms with Gasteiger partial charge in [-0.05, 0) is 55.3 Å². The van der Waals surface area contributed by atoms with Gasteiger partial charge in [0.25, 0.3) is 0 Å². The van der Waals surface area contributed by atoms with Crippen LogP contribution in [0.2, 0.25) is 10.0 Å². The van der Waals surface area contributed by atoms with Crippen LogP contribution >= 0.6 is 23.2 Å². The van der Waals surface area contributed by atoms with Crippen molar-refractivity contribution < 1.29 is 12.8 Å². The Morgan fingerprint density at radius 3 is 2.44 bits per heavy atom. The molecule has 0 radical (unpaired) electrons. The molecule has 0 amide bonds. The van der Waals surface area contributed by atoms with Gasteiger partial charge in [0.2, 0.25) is 21.8 Å². The lowest BCUT2D eigenvalue weighted by atomic mass is 10.2. The fourth-order valence-corrected chi connectivity index (χ4v) is 4.76. The summed E-state index contributed by atoms with van der Waals surface area (Å²) in [7, 11) is -3.72. The van der Waals surface area contributed by atoms with E-state index in [4.69, 9.17) is 27.6 Å². The number of benzene rings is 2. The van der Waals surface area contributed by atoms with Gasteiger partial charge < -0.3 is 4.42 Å². The van der Waals surface area contributed by atoms with Crippen LogP contribution in [0.4, 0.5) is 0 Å². The van der Waals surface area contributed by atoms with E-state index in [9.17, 15) is 8.42 Å². The molecule has 0 atom stereocenters. The Hall–Kier alpha value is -1.93. The van der Waals surface area contributed by atoms with Crippen LogP contribution < -0.4 is 0 Å². The fraction of sp³-hybridized carbons (Fsp3) is 0.222. The van der Waals surface area contributed by atoms with E-state index in [-0.39, 0.29) is 23.4 Å². The number of sulfonamides is 1. The molecule has 0 N–H and O–H groups in total. The van der Waals surface area contributed by atoms with Crippen LogP contribution in [0.1, 0.15) is 18.7 Å². The van der Waals surface area contributed by atoms with Gasteiger partial charge in [-0.25, -0.2) is 8.42 Å². The maximum Gasteiger partial charge on any atom is 0.247 e. The van der Waals surface area contributed by atoms with E-state index in [1.54, 1.807) is 36.4 Å². The number of halogens is 2. The number of hydrogen-bond acceptors (Lipinski definition) is 5. The molecule has 1 aromatic heterocycles. The minimum absolute atomic E-state index is 0.0140. The van der Waals surface area contributed by atoms with E-state index in [0.717, 1.165) is 12.8 Å². The average Bonchev–Trinajstić information content (AvgIpc) is 3.38. The summed E-state index contributed by atoms with van der Waals surface area (Å²) in [4.78, 5) is 0.152. The smallest absolute Gasteiger partial charge is 0.247 e. The van der Waals surface area contributed by atoms with Crippen LogP contribution in [0.3, 0.4) is 0 Å². The van der Waals surface area contributed by atoms with Crippen molar-refractivity contribution in [1.29, 1.82) is 0 Å². The number of rotatable bonds is 6. The molecular formula is C18H15Cl2N3O3S. The van der Waals surface area contributed by atoms with Crippen LogP contribution in [-0.4, -0.2) is 29.0 Å². The SMILES string of the molecule is O=S(=O)(c1cccc(Cl)c1)N(Cc1nnc(-c2ccc(Cl)cc2)o1)C1CC1. The van der Waals surface area contributed by atoms with Gasteiger partial charge in [0, 0.05) is 21.7 Å². The van der Waals surface area contributed by atoms with Gasteiger partial charge in [0.05, 0.1) is 11.4 Å². The summed E-state index contributed by atoms with van der Waals surface area (Å²) >= 11 is 11.8. The predicted octanol–water partition coefficient (Wildman–Crippen LogP) is 4.40. The van der Waals surface area contributed by atoms with Crippen molar-refractivity contribution in [1.82, 2.24) is 14.5 Å². The third-order valence-electron chi connectivity index (χ3n) is 4.21. The van der Waals surface area contributed by atoms with E-state index >= 15 is 0 Å². The second-order valence-corrected chi connectivity index (χ2v) is 9.01. The van der Waals surface area contributed by atoms with Crippen molar-refractivity contribution in [2.24, 2.45) is 0 Å². The molecular weight excluding hydrogens is 409 g/mol. The molecule has 0 unspecified atom stereocenters. The van der Waals surface area contributed by atoms with E-state index < -0.39 is 10.0 Å². The first-order valence-electron chi connectivity index (χ1n) is 8.29. The Kier molecular flexibility index (Phi) is 4.94. The summed E-state index contributed by atoms with van der Waals surface area (Å²) in [5.74, 6) is 0.551. The molecule has 0 spiro atoms. The summed E-state index contributed by atoms with van der Waals surface area (Å²) < 4.78 is 33.2. The van der Waals surface area contributed by atoms with Crippen molar-refractivity contribution in [3.63, 3.8) is 0 Å². The Labute approximate surface area is 166 Å². The molecule has 1 fully saturated rings. The van der Waals surface area contributed by atoms with Gasteiger partial charge in [0.1, 0.15) is 0 Å². The Balaban J connectivity index is 1.60. The van der Waals surface area contributed by atoms with Crippen molar-refractivity contribution >= 4 is 33.2 Å². The molecule has 6 nitrogen and oxygen atoms in total. The van der Waals surface area contributed by atoms with Crippen molar-refractivity contribution in [2.75, 3.05) is 0 Å². The highest BCUT2D eigenvalue weighted by Gasteiger charge is 2.39. The summed E-state index contributed by atoms with van der Waals surface area (Å²) in [6, 6.07) is 13.1. The van der Waals surface area contributed by atoms with Gasteiger partial charge in [-0.2, -0.15) is 4.31 Å². The van der Waals surface area contributed by atoms with E-state index in [0.29, 0.717) is 21.5 Å². The van der Waals surface area contributed by atoms with Crippen molar-refractivity contribution in [3.05, 3.63) is 64.5 Å². The second kappa shape index (κ2) is 7.24. The zero-order chi connectivity index (χ0) is 19.0. The van der Waals surface area contributed by atoms with Crippen molar-refractivity contribution in [3.8, 4) is 11.5 Å². The van der Waals surface area contributed by atoms with E-state index in [1.165, 1.54) is 16.4 Å². The first kappa shape index (κ1) is 18.4. The molecule has 9 heteroatoms. The highest BCUT2D eigenvalue weighted by atomic mass is 35.5. The van der Waals surface area contributed by atoms with Gasteiger partial charge >= 0.3 is 0 Å². The molecule has 140 valence electrons. The highest BCUT2D eigenvalue weighted by molar-refractivity contribution is 7.89. The van der Waals surface area contributed by atoms with E-state index in [1.807, 2.05) is 0 Å². The Morgan fingerprint density at radius 1 is 1.04 bits per heavy atom. The number of aromatic nitrogens is 2. The van der Waals surface area contributed by atoms with Crippen molar-refractivity contribution in [2.45, 2.75) is 30.3 Å². The molecule has 1 heterocycles. The third kappa shape index (κ3) is 4.01. The first-order chi connectivity index (χ1) is 12.9. The molecule has 4 rings (SSSR count). The largest absolute Gasteiger partial charge is 0.419 e. The monoisotopic (exact) mass is 423 g/mol. The molecule has 0 aliphatic heterocycles. The molecule has 1 aliphatic carbocycles. The van der Waals surface area contributed by atoms with Crippen LogP contribution in [0, 0.1) is 0 Å². The van der Waals surface area contributed by atoms with Crippen LogP contribution in [0.25, 0.3) is 11.5 Å². The lowest BCUT2D eigenvalue weighted by molar-refractivity contribution is 0.351. The lowest BCUT2D eigenvalue weighted by Crippen LogP contribution is -2.32. The molecule has 1 saturated carbocycles. The summed E-state index contributed by atoms with van der Waals surface area (Å²) in [6.45, 7) is 0.0140. The quantitative estimate of drug-likeness (QED) is 0.587. The van der Waals surface area contributed by atoms with Gasteiger partial charge in [-0.15, -0.1) is 10.2 Å². The van der Waals surface area contributed by atoms with Gasteiger partial charge in [0.15, 0.2) is 0 Å². The molecule has 0 saturated heterocycles. The maximum atomic E-state index is 13.0. The third-order valence-corrected chi connectivity index (χ3v) is 6.59. The Morgan fingerprint density at radius 2 is 1.78 bits per heavy atom. The maximum absolute atomic E-state index is 13.0. The average molecular weight is 424 g/mol.